The van der Waals surface area contributed by atoms with Gasteiger partial charge in [0, 0.05) is 29.2 Å². The zero-order valence-corrected chi connectivity index (χ0v) is 12.9. The molecule has 0 aliphatic carbocycles. The third-order valence-electron chi connectivity index (χ3n) is 2.81. The number of carbonyl (C=O) groups is 1. The van der Waals surface area contributed by atoms with Gasteiger partial charge < -0.3 is 4.74 Å². The first-order chi connectivity index (χ1) is 9.63. The molecule has 20 heavy (non-hydrogen) atoms. The Labute approximate surface area is 127 Å². The third-order valence-corrected chi connectivity index (χ3v) is 3.28. The molecular weight excluding hydrogens is 318 g/mol. The molecule has 2 aromatic rings. The number of nitrogens with zero attached hydrogens (tertiary/aromatic N) is 1. The maximum absolute atomic E-state index is 11.8. The van der Waals surface area contributed by atoms with Gasteiger partial charge in [-0.2, -0.15) is 0 Å². The molecule has 1 heterocycles. The number of ketones is 1. The Morgan fingerprint density at radius 3 is 2.85 bits per heavy atom. The van der Waals surface area contributed by atoms with Crippen molar-refractivity contribution in [1.29, 1.82) is 0 Å². The minimum absolute atomic E-state index is 0.132. The number of aromatic nitrogens is 1. The molecule has 0 fully saturated rings. The number of carbonyl (C=O) groups excluding carboxylic acids is 1. The summed E-state index contributed by atoms with van der Waals surface area (Å²) in [5.41, 5.74) is 1.93. The van der Waals surface area contributed by atoms with Gasteiger partial charge in [0.05, 0.1) is 6.61 Å². The van der Waals surface area contributed by atoms with E-state index < -0.39 is 0 Å². The van der Waals surface area contributed by atoms with E-state index in [0.29, 0.717) is 19.4 Å². The molecule has 0 radical (unpaired) electrons. The molecule has 1 aromatic heterocycles. The monoisotopic (exact) mass is 333 g/mol. The molecule has 2 rings (SSSR count). The van der Waals surface area contributed by atoms with Crippen molar-refractivity contribution in [2.45, 2.75) is 19.8 Å². The highest BCUT2D eigenvalue weighted by molar-refractivity contribution is 9.10. The molecule has 1 aromatic carbocycles. The number of ether oxygens (including phenoxy) is 1. The number of rotatable bonds is 6. The third kappa shape index (κ3) is 4.78. The summed E-state index contributed by atoms with van der Waals surface area (Å²) in [4.78, 5) is 16.0. The largest absolute Gasteiger partial charge is 0.493 e. The Morgan fingerprint density at radius 2 is 2.15 bits per heavy atom. The minimum atomic E-state index is 0.132. The lowest BCUT2D eigenvalue weighted by Gasteiger charge is -2.06. The quantitative estimate of drug-likeness (QED) is 0.808. The Hall–Kier alpha value is -1.68. The zero-order chi connectivity index (χ0) is 14.4. The van der Waals surface area contributed by atoms with Crippen molar-refractivity contribution >= 4 is 21.7 Å². The number of pyridine rings is 1. The molecule has 0 bridgehead atoms. The molecule has 0 unspecified atom stereocenters. The fourth-order valence-corrected chi connectivity index (χ4v) is 2.02. The number of hydrogen-bond donors (Lipinski definition) is 0. The van der Waals surface area contributed by atoms with Gasteiger partial charge >= 0.3 is 0 Å². The normalized spacial score (nSPS) is 10.3. The van der Waals surface area contributed by atoms with Gasteiger partial charge in [-0.1, -0.05) is 12.1 Å². The minimum Gasteiger partial charge on any atom is -0.493 e. The Morgan fingerprint density at radius 1 is 1.30 bits per heavy atom. The average molecular weight is 334 g/mol. The van der Waals surface area contributed by atoms with Crippen molar-refractivity contribution in [2.75, 3.05) is 6.61 Å². The maximum Gasteiger partial charge on any atom is 0.142 e. The van der Waals surface area contributed by atoms with Crippen LogP contribution in [0.15, 0.2) is 47.1 Å². The first kappa shape index (κ1) is 14.7. The smallest absolute Gasteiger partial charge is 0.142 e. The summed E-state index contributed by atoms with van der Waals surface area (Å²) in [5, 5.41) is 0. The molecule has 0 atom stereocenters. The second kappa shape index (κ2) is 7.20. The molecule has 0 amide bonds. The van der Waals surface area contributed by atoms with Crippen molar-refractivity contribution in [3.8, 4) is 5.75 Å². The zero-order valence-electron chi connectivity index (χ0n) is 11.3. The number of halogens is 1. The van der Waals surface area contributed by atoms with Crippen molar-refractivity contribution < 1.29 is 9.53 Å². The van der Waals surface area contributed by atoms with E-state index in [2.05, 4.69) is 20.9 Å². The van der Waals surface area contributed by atoms with Gasteiger partial charge in [-0.25, -0.2) is 0 Å². The molecule has 4 heteroatoms. The van der Waals surface area contributed by atoms with E-state index in [1.165, 1.54) is 0 Å². The Balaban J connectivity index is 1.76. The highest BCUT2D eigenvalue weighted by atomic mass is 79.9. The van der Waals surface area contributed by atoms with Crippen LogP contribution in [-0.4, -0.2) is 17.4 Å². The van der Waals surface area contributed by atoms with Crippen LogP contribution in [0.25, 0.3) is 0 Å². The molecule has 0 aliphatic heterocycles. The van der Waals surface area contributed by atoms with E-state index in [1.807, 2.05) is 43.3 Å². The number of benzene rings is 1. The maximum atomic E-state index is 11.8. The van der Waals surface area contributed by atoms with Gasteiger partial charge in [0.1, 0.15) is 11.5 Å². The lowest BCUT2D eigenvalue weighted by Crippen LogP contribution is -2.09. The van der Waals surface area contributed by atoms with Crippen LogP contribution in [0.4, 0.5) is 0 Å². The topological polar surface area (TPSA) is 39.2 Å². The summed E-state index contributed by atoms with van der Waals surface area (Å²) >= 11 is 3.32. The average Bonchev–Trinajstić information content (AvgIpc) is 2.41. The Kier molecular flexibility index (Phi) is 5.30. The van der Waals surface area contributed by atoms with Crippen molar-refractivity contribution in [1.82, 2.24) is 4.98 Å². The Bertz CT molecular complexity index is 581. The van der Waals surface area contributed by atoms with Crippen LogP contribution in [0.2, 0.25) is 0 Å². The van der Waals surface area contributed by atoms with Crippen LogP contribution in [0.1, 0.15) is 17.7 Å². The van der Waals surface area contributed by atoms with Crippen LogP contribution in [-0.2, 0) is 11.2 Å². The van der Waals surface area contributed by atoms with Crippen LogP contribution in [0, 0.1) is 6.92 Å². The number of aryl methyl sites for hydroxylation is 1. The molecule has 0 spiro atoms. The van der Waals surface area contributed by atoms with Gasteiger partial charge in [-0.3, -0.25) is 9.78 Å². The molecule has 0 N–H and O–H groups in total. The molecule has 0 saturated heterocycles. The lowest BCUT2D eigenvalue weighted by atomic mass is 10.1. The van der Waals surface area contributed by atoms with E-state index in [4.69, 9.17) is 4.74 Å². The molecule has 0 saturated carbocycles. The van der Waals surface area contributed by atoms with Crippen molar-refractivity contribution in [2.24, 2.45) is 0 Å². The van der Waals surface area contributed by atoms with Gasteiger partial charge in [0.25, 0.3) is 0 Å². The van der Waals surface area contributed by atoms with Crippen molar-refractivity contribution in [3.63, 3.8) is 0 Å². The first-order valence-electron chi connectivity index (χ1n) is 6.45. The van der Waals surface area contributed by atoms with Gasteiger partial charge in [0.15, 0.2) is 0 Å². The summed E-state index contributed by atoms with van der Waals surface area (Å²) in [5.74, 6) is 0.937. The fourth-order valence-electron chi connectivity index (χ4n) is 1.79. The van der Waals surface area contributed by atoms with Crippen LogP contribution < -0.4 is 4.74 Å². The van der Waals surface area contributed by atoms with Crippen LogP contribution >= 0.6 is 15.9 Å². The van der Waals surface area contributed by atoms with E-state index in [0.717, 1.165) is 21.5 Å². The first-order valence-corrected chi connectivity index (χ1v) is 7.24. The summed E-state index contributed by atoms with van der Waals surface area (Å²) in [6.45, 7) is 2.41. The van der Waals surface area contributed by atoms with E-state index in [-0.39, 0.29) is 5.78 Å². The van der Waals surface area contributed by atoms with E-state index in [1.54, 1.807) is 6.20 Å². The predicted molar refractivity (Wildman–Crippen MR) is 81.9 cm³/mol. The van der Waals surface area contributed by atoms with Gasteiger partial charge in [-0.05, 0) is 52.7 Å². The van der Waals surface area contributed by atoms with Crippen molar-refractivity contribution in [3.05, 3.63) is 58.3 Å². The molecular formula is C16H16BrNO2. The highest BCUT2D eigenvalue weighted by Gasteiger charge is 2.05. The predicted octanol–water partition coefficient (Wildman–Crippen LogP) is 3.73. The second-order valence-electron chi connectivity index (χ2n) is 4.60. The van der Waals surface area contributed by atoms with Crippen LogP contribution in [0.3, 0.4) is 0 Å². The van der Waals surface area contributed by atoms with E-state index >= 15 is 0 Å². The summed E-state index contributed by atoms with van der Waals surface area (Å²) in [6, 6.07) is 11.5. The molecule has 3 nitrogen and oxygen atoms in total. The van der Waals surface area contributed by atoms with E-state index in [9.17, 15) is 4.79 Å². The number of hydrogen-bond acceptors (Lipinski definition) is 3. The highest BCUT2D eigenvalue weighted by Crippen LogP contribution is 2.13. The standard InChI is InChI=1S/C16H16BrNO2/c1-12-3-2-4-16(9-12)20-8-7-15(19)10-14-6-5-13(17)11-18-14/h2-6,9,11H,7-8,10H2,1H3. The summed E-state index contributed by atoms with van der Waals surface area (Å²) in [6.07, 6.45) is 2.45. The number of Topliss-reactive ketones (excluding diaryl/α,β-unsaturated/α-hetero) is 1. The van der Waals surface area contributed by atoms with Gasteiger partial charge in [0.2, 0.25) is 0 Å². The lowest BCUT2D eigenvalue weighted by molar-refractivity contribution is -0.118. The summed E-state index contributed by atoms with van der Waals surface area (Å²) in [7, 11) is 0. The molecule has 0 aliphatic rings. The fraction of sp³-hybridized carbons (Fsp3) is 0.250. The van der Waals surface area contributed by atoms with Crippen LogP contribution in [0.5, 0.6) is 5.75 Å². The second-order valence-corrected chi connectivity index (χ2v) is 5.51. The molecule has 104 valence electrons. The summed E-state index contributed by atoms with van der Waals surface area (Å²) < 4.78 is 6.48. The SMILES string of the molecule is Cc1cccc(OCCC(=O)Cc2ccc(Br)cn2)c1. The van der Waals surface area contributed by atoms with Gasteiger partial charge in [-0.15, -0.1) is 0 Å².